The average molecular weight is 346 g/mol. The van der Waals surface area contributed by atoms with Crippen LogP contribution in [0.1, 0.15) is 5.56 Å². The van der Waals surface area contributed by atoms with Gasteiger partial charge in [0.05, 0.1) is 7.11 Å². The van der Waals surface area contributed by atoms with Gasteiger partial charge in [-0.2, -0.15) is 0 Å². The molecule has 0 fully saturated rings. The van der Waals surface area contributed by atoms with Gasteiger partial charge in [0, 0.05) is 22.8 Å². The summed E-state index contributed by atoms with van der Waals surface area (Å²) in [5.41, 5.74) is 10.6. The van der Waals surface area contributed by atoms with Crippen LogP contribution in [0, 0.1) is 6.92 Å². The number of amides is 1. The highest BCUT2D eigenvalue weighted by molar-refractivity contribution is 5.99. The summed E-state index contributed by atoms with van der Waals surface area (Å²) >= 11 is 0. The standard InChI is InChI=1S/C20H18N4O2/c1-12-3-5-14(6-4-12)17-18(21)24-10-9-13-7-8-15(22-20(25)26-2)11-16(13)19(24)23-17/h3-11H,21H2,1-2H3,(H,22,25). The van der Waals surface area contributed by atoms with Crippen molar-refractivity contribution >= 4 is 34.0 Å². The molecular formula is C20H18N4O2. The van der Waals surface area contributed by atoms with E-state index in [4.69, 9.17) is 10.7 Å². The van der Waals surface area contributed by atoms with Gasteiger partial charge in [-0.05, 0) is 30.5 Å². The maximum Gasteiger partial charge on any atom is 0.411 e. The van der Waals surface area contributed by atoms with Crippen molar-refractivity contribution < 1.29 is 9.53 Å². The Morgan fingerprint density at radius 2 is 1.92 bits per heavy atom. The molecule has 0 aliphatic rings. The second-order valence-corrected chi connectivity index (χ2v) is 6.14. The molecule has 6 nitrogen and oxygen atoms in total. The van der Waals surface area contributed by atoms with Crippen molar-refractivity contribution in [2.24, 2.45) is 0 Å². The lowest BCUT2D eigenvalue weighted by molar-refractivity contribution is 0.187. The molecule has 2 aromatic heterocycles. The van der Waals surface area contributed by atoms with Gasteiger partial charge in [-0.1, -0.05) is 35.9 Å². The van der Waals surface area contributed by atoms with Crippen molar-refractivity contribution in [3.63, 3.8) is 0 Å². The highest BCUT2D eigenvalue weighted by Crippen LogP contribution is 2.31. The lowest BCUT2D eigenvalue weighted by atomic mass is 10.1. The number of nitrogens with two attached hydrogens (primary N) is 1. The molecule has 6 heteroatoms. The number of pyridine rings is 1. The summed E-state index contributed by atoms with van der Waals surface area (Å²) in [6.07, 6.45) is 1.39. The van der Waals surface area contributed by atoms with E-state index in [1.165, 1.54) is 12.7 Å². The molecule has 2 heterocycles. The molecule has 26 heavy (non-hydrogen) atoms. The number of fused-ring (bicyclic) bond motifs is 3. The number of carbonyl (C=O) groups is 1. The van der Waals surface area contributed by atoms with Gasteiger partial charge in [0.15, 0.2) is 0 Å². The minimum absolute atomic E-state index is 0.514. The van der Waals surface area contributed by atoms with Crippen LogP contribution in [0.25, 0.3) is 27.7 Å². The second-order valence-electron chi connectivity index (χ2n) is 6.14. The average Bonchev–Trinajstić information content (AvgIpc) is 2.99. The van der Waals surface area contributed by atoms with E-state index in [2.05, 4.69) is 10.1 Å². The van der Waals surface area contributed by atoms with Gasteiger partial charge in [0.25, 0.3) is 0 Å². The third-order valence-electron chi connectivity index (χ3n) is 4.40. The minimum Gasteiger partial charge on any atom is -0.453 e. The molecule has 0 saturated carbocycles. The van der Waals surface area contributed by atoms with Crippen LogP contribution < -0.4 is 11.1 Å². The predicted molar refractivity (Wildman–Crippen MR) is 103 cm³/mol. The van der Waals surface area contributed by atoms with Gasteiger partial charge in [-0.3, -0.25) is 9.72 Å². The Morgan fingerprint density at radius 1 is 1.15 bits per heavy atom. The van der Waals surface area contributed by atoms with Gasteiger partial charge in [0.2, 0.25) is 0 Å². The molecule has 3 N–H and O–H groups in total. The summed E-state index contributed by atoms with van der Waals surface area (Å²) in [4.78, 5) is 16.3. The number of methoxy groups -OCH3 is 1. The molecule has 0 aliphatic heterocycles. The maximum absolute atomic E-state index is 11.5. The molecule has 0 spiro atoms. The SMILES string of the molecule is COC(=O)Nc1ccc2ccn3c(N)c(-c4ccc(C)cc4)nc3c2c1. The van der Waals surface area contributed by atoms with E-state index < -0.39 is 6.09 Å². The van der Waals surface area contributed by atoms with Crippen molar-refractivity contribution in [3.05, 3.63) is 60.3 Å². The van der Waals surface area contributed by atoms with E-state index in [-0.39, 0.29) is 0 Å². The number of anilines is 2. The first-order valence-electron chi connectivity index (χ1n) is 8.19. The van der Waals surface area contributed by atoms with Crippen molar-refractivity contribution in [2.45, 2.75) is 6.92 Å². The molecule has 2 aromatic carbocycles. The molecule has 1 amide bonds. The van der Waals surface area contributed by atoms with Crippen LogP contribution in [-0.2, 0) is 4.74 Å². The molecule has 0 saturated heterocycles. The van der Waals surface area contributed by atoms with Gasteiger partial charge in [-0.15, -0.1) is 0 Å². The first-order valence-corrected chi connectivity index (χ1v) is 8.19. The fourth-order valence-corrected chi connectivity index (χ4v) is 3.01. The van der Waals surface area contributed by atoms with E-state index >= 15 is 0 Å². The van der Waals surface area contributed by atoms with Crippen LogP contribution in [0.15, 0.2) is 54.7 Å². The summed E-state index contributed by atoms with van der Waals surface area (Å²) < 4.78 is 6.51. The van der Waals surface area contributed by atoms with E-state index in [0.717, 1.165) is 27.7 Å². The van der Waals surface area contributed by atoms with Crippen LogP contribution >= 0.6 is 0 Å². The Kier molecular flexibility index (Phi) is 3.73. The Morgan fingerprint density at radius 3 is 2.65 bits per heavy atom. The van der Waals surface area contributed by atoms with Crippen LogP contribution in [0.2, 0.25) is 0 Å². The fraction of sp³-hybridized carbons (Fsp3) is 0.100. The highest BCUT2D eigenvalue weighted by atomic mass is 16.5. The quantitative estimate of drug-likeness (QED) is 0.569. The first-order chi connectivity index (χ1) is 12.6. The van der Waals surface area contributed by atoms with E-state index in [1.807, 2.05) is 66.1 Å². The summed E-state index contributed by atoms with van der Waals surface area (Å²) in [5, 5.41) is 4.58. The molecule has 0 aliphatic carbocycles. The van der Waals surface area contributed by atoms with E-state index in [9.17, 15) is 4.79 Å². The Bertz CT molecular complexity index is 1130. The molecule has 0 unspecified atom stereocenters. The Hall–Kier alpha value is -3.54. The Balaban J connectivity index is 1.91. The zero-order chi connectivity index (χ0) is 18.3. The highest BCUT2D eigenvalue weighted by Gasteiger charge is 2.14. The number of hydrogen-bond donors (Lipinski definition) is 2. The largest absolute Gasteiger partial charge is 0.453 e. The summed E-state index contributed by atoms with van der Waals surface area (Å²) in [5.74, 6) is 0.581. The van der Waals surface area contributed by atoms with Gasteiger partial charge < -0.3 is 10.5 Å². The van der Waals surface area contributed by atoms with Crippen molar-refractivity contribution in [3.8, 4) is 11.3 Å². The number of nitrogens with one attached hydrogen (secondary N) is 1. The third kappa shape index (κ3) is 2.61. The van der Waals surface area contributed by atoms with Crippen LogP contribution in [0.3, 0.4) is 0 Å². The first kappa shape index (κ1) is 16.0. The topological polar surface area (TPSA) is 81.6 Å². The van der Waals surface area contributed by atoms with Gasteiger partial charge in [-0.25, -0.2) is 9.78 Å². The Labute approximate surface area is 150 Å². The zero-order valence-electron chi connectivity index (χ0n) is 14.5. The lowest BCUT2D eigenvalue weighted by Gasteiger charge is -2.06. The zero-order valence-corrected chi connectivity index (χ0v) is 14.5. The van der Waals surface area contributed by atoms with Crippen LogP contribution in [0.5, 0.6) is 0 Å². The van der Waals surface area contributed by atoms with Crippen molar-refractivity contribution in [2.75, 3.05) is 18.2 Å². The number of ether oxygens (including phenoxy) is 1. The molecule has 0 radical (unpaired) electrons. The molecular weight excluding hydrogens is 328 g/mol. The third-order valence-corrected chi connectivity index (χ3v) is 4.40. The molecule has 4 aromatic rings. The smallest absolute Gasteiger partial charge is 0.411 e. The monoisotopic (exact) mass is 346 g/mol. The second kappa shape index (κ2) is 6.07. The number of benzene rings is 2. The maximum atomic E-state index is 11.5. The summed E-state index contributed by atoms with van der Waals surface area (Å²) in [6.45, 7) is 2.04. The molecule has 0 atom stereocenters. The number of aryl methyl sites for hydroxylation is 1. The van der Waals surface area contributed by atoms with Crippen LogP contribution in [-0.4, -0.2) is 22.6 Å². The number of aromatic nitrogens is 2. The number of nitrogens with zero attached hydrogens (tertiary/aromatic N) is 2. The number of imidazole rings is 1. The summed E-state index contributed by atoms with van der Waals surface area (Å²) in [6, 6.07) is 15.7. The number of hydrogen-bond acceptors (Lipinski definition) is 4. The van der Waals surface area contributed by atoms with Gasteiger partial charge >= 0.3 is 6.09 Å². The molecule has 130 valence electrons. The van der Waals surface area contributed by atoms with Crippen molar-refractivity contribution in [1.82, 2.24) is 9.38 Å². The molecule has 4 rings (SSSR count). The number of carbonyl (C=O) groups excluding carboxylic acids is 1. The van der Waals surface area contributed by atoms with Crippen LogP contribution in [0.4, 0.5) is 16.3 Å². The summed E-state index contributed by atoms with van der Waals surface area (Å²) in [7, 11) is 1.33. The number of rotatable bonds is 2. The fourth-order valence-electron chi connectivity index (χ4n) is 3.01. The van der Waals surface area contributed by atoms with Crippen molar-refractivity contribution in [1.29, 1.82) is 0 Å². The number of nitrogen functional groups attached to an aromatic ring is 1. The lowest BCUT2D eigenvalue weighted by Crippen LogP contribution is -2.10. The minimum atomic E-state index is -0.514. The van der Waals surface area contributed by atoms with E-state index in [1.54, 1.807) is 0 Å². The van der Waals surface area contributed by atoms with E-state index in [0.29, 0.717) is 11.5 Å². The predicted octanol–water partition coefficient (Wildman–Crippen LogP) is 4.22. The molecule has 0 bridgehead atoms. The van der Waals surface area contributed by atoms with Gasteiger partial charge in [0.1, 0.15) is 17.2 Å². The normalized spacial score (nSPS) is 11.0.